The molecule has 0 unspecified atom stereocenters. The van der Waals surface area contributed by atoms with Crippen molar-refractivity contribution in [3.63, 3.8) is 0 Å². The number of hydrogen-bond acceptors (Lipinski definition) is 3. The lowest BCUT2D eigenvalue weighted by atomic mass is 10.4. The molecule has 2 rings (SSSR count). The topological polar surface area (TPSA) is 53.6 Å². The number of aromatic amines is 1. The van der Waals surface area contributed by atoms with Crippen molar-refractivity contribution < 1.29 is 0 Å². The van der Waals surface area contributed by atoms with Crippen molar-refractivity contribution in [2.45, 2.75) is 0 Å². The summed E-state index contributed by atoms with van der Waals surface area (Å²) < 4.78 is 0. The fourth-order valence-corrected chi connectivity index (χ4v) is 0.907. The van der Waals surface area contributed by atoms with E-state index in [2.05, 4.69) is 20.3 Å². The molecule has 0 saturated heterocycles. The lowest BCUT2D eigenvalue weighted by molar-refractivity contribution is 1.26. The third-order valence-electron chi connectivity index (χ3n) is 1.42. The Morgan fingerprint density at radius 1 is 1.33 bits per heavy atom. The molecule has 0 atom stereocenters. The Hall–Kier alpha value is -1.84. The number of rotatable bonds is 2. The van der Waals surface area contributed by atoms with Crippen LogP contribution in [0, 0.1) is 0 Å². The van der Waals surface area contributed by atoms with E-state index in [0.29, 0.717) is 0 Å². The second kappa shape index (κ2) is 3.04. The quantitative estimate of drug-likeness (QED) is 0.700. The van der Waals surface area contributed by atoms with Crippen molar-refractivity contribution in [1.29, 1.82) is 0 Å². The highest BCUT2D eigenvalue weighted by Crippen LogP contribution is 2.08. The Morgan fingerprint density at radius 2 is 2.33 bits per heavy atom. The van der Waals surface area contributed by atoms with Crippen LogP contribution in [0.4, 0.5) is 11.6 Å². The predicted octanol–water partition coefficient (Wildman–Crippen LogP) is 1.55. The summed E-state index contributed by atoms with van der Waals surface area (Å²) in [5.74, 6) is 0.725. The van der Waals surface area contributed by atoms with Gasteiger partial charge in [-0.25, -0.2) is 4.98 Å². The zero-order valence-corrected chi connectivity index (χ0v) is 6.36. The molecule has 0 amide bonds. The lowest BCUT2D eigenvalue weighted by Crippen LogP contribution is -1.91. The summed E-state index contributed by atoms with van der Waals surface area (Å²) in [6.07, 6.45) is 6.92. The molecule has 0 aliphatic carbocycles. The monoisotopic (exact) mass is 160 g/mol. The molecular weight excluding hydrogens is 152 g/mol. The molecule has 2 aromatic heterocycles. The summed E-state index contributed by atoms with van der Waals surface area (Å²) in [7, 11) is 0. The first kappa shape index (κ1) is 6.84. The van der Waals surface area contributed by atoms with Crippen LogP contribution in [0.2, 0.25) is 0 Å². The summed E-state index contributed by atoms with van der Waals surface area (Å²) in [5.41, 5.74) is 0.924. The van der Waals surface area contributed by atoms with Gasteiger partial charge < -0.3 is 10.3 Å². The Morgan fingerprint density at radius 3 is 3.00 bits per heavy atom. The molecule has 0 bridgehead atoms. The van der Waals surface area contributed by atoms with E-state index in [4.69, 9.17) is 0 Å². The van der Waals surface area contributed by atoms with Crippen LogP contribution in [0.1, 0.15) is 0 Å². The average molecular weight is 160 g/mol. The first-order chi connectivity index (χ1) is 5.95. The van der Waals surface area contributed by atoms with Crippen molar-refractivity contribution in [3.05, 3.63) is 36.9 Å². The van der Waals surface area contributed by atoms with Crippen molar-refractivity contribution >= 4 is 11.6 Å². The van der Waals surface area contributed by atoms with Crippen LogP contribution in [0.25, 0.3) is 0 Å². The third kappa shape index (κ3) is 1.42. The van der Waals surface area contributed by atoms with E-state index < -0.39 is 0 Å². The number of nitrogens with zero attached hydrogens (tertiary/aromatic N) is 2. The van der Waals surface area contributed by atoms with E-state index >= 15 is 0 Å². The summed E-state index contributed by atoms with van der Waals surface area (Å²) in [6, 6.07) is 3.79. The highest BCUT2D eigenvalue weighted by atomic mass is 15.1. The van der Waals surface area contributed by atoms with Gasteiger partial charge in [0.2, 0.25) is 5.95 Å². The second-order valence-corrected chi connectivity index (χ2v) is 2.30. The zero-order chi connectivity index (χ0) is 8.23. The van der Waals surface area contributed by atoms with Gasteiger partial charge in [0.25, 0.3) is 0 Å². The standard InChI is InChI=1S/C8H8N4/c1-2-7(6-9-3-1)12-8-10-4-5-11-8/h1-6H,(H2,10,11,12). The number of hydrogen-bond donors (Lipinski definition) is 2. The van der Waals surface area contributed by atoms with Crippen LogP contribution >= 0.6 is 0 Å². The van der Waals surface area contributed by atoms with E-state index in [1.165, 1.54) is 0 Å². The van der Waals surface area contributed by atoms with E-state index in [9.17, 15) is 0 Å². The number of H-pyrrole nitrogens is 1. The number of nitrogens with one attached hydrogen (secondary N) is 2. The van der Waals surface area contributed by atoms with Gasteiger partial charge in [-0.1, -0.05) is 0 Å². The smallest absolute Gasteiger partial charge is 0.204 e. The molecule has 0 aliphatic heterocycles. The second-order valence-electron chi connectivity index (χ2n) is 2.30. The number of aromatic nitrogens is 3. The van der Waals surface area contributed by atoms with Gasteiger partial charge in [-0.3, -0.25) is 4.98 Å². The zero-order valence-electron chi connectivity index (χ0n) is 6.36. The van der Waals surface area contributed by atoms with Gasteiger partial charge in [-0.05, 0) is 12.1 Å². The van der Waals surface area contributed by atoms with Crippen molar-refractivity contribution in [1.82, 2.24) is 15.0 Å². The van der Waals surface area contributed by atoms with Crippen molar-refractivity contribution in [3.8, 4) is 0 Å². The van der Waals surface area contributed by atoms with Crippen LogP contribution in [0.5, 0.6) is 0 Å². The molecule has 0 fully saturated rings. The van der Waals surface area contributed by atoms with Crippen LogP contribution in [0.3, 0.4) is 0 Å². The van der Waals surface area contributed by atoms with Gasteiger partial charge in [-0.15, -0.1) is 0 Å². The Balaban J connectivity index is 2.15. The highest BCUT2D eigenvalue weighted by molar-refractivity contribution is 5.50. The van der Waals surface area contributed by atoms with Gasteiger partial charge in [0, 0.05) is 18.6 Å². The maximum atomic E-state index is 4.02. The summed E-state index contributed by atoms with van der Waals surface area (Å²) in [5, 5.41) is 3.05. The largest absolute Gasteiger partial charge is 0.331 e. The Bertz CT molecular complexity index is 327. The molecule has 0 spiro atoms. The molecule has 0 aliphatic rings. The SMILES string of the molecule is c1cncc(Nc2ncc[nH]2)c1. The minimum Gasteiger partial charge on any atom is -0.331 e. The molecule has 12 heavy (non-hydrogen) atoms. The van der Waals surface area contributed by atoms with E-state index in [1.54, 1.807) is 24.8 Å². The molecule has 0 saturated carbocycles. The molecule has 2 N–H and O–H groups in total. The third-order valence-corrected chi connectivity index (χ3v) is 1.42. The van der Waals surface area contributed by atoms with E-state index in [-0.39, 0.29) is 0 Å². The normalized spacial score (nSPS) is 9.67. The Kier molecular flexibility index (Phi) is 1.74. The first-order valence-corrected chi connectivity index (χ1v) is 3.61. The van der Waals surface area contributed by atoms with Gasteiger partial charge >= 0.3 is 0 Å². The molecular formula is C8H8N4. The molecule has 0 aromatic carbocycles. The Labute approximate surface area is 69.7 Å². The van der Waals surface area contributed by atoms with Crippen LogP contribution in [-0.2, 0) is 0 Å². The van der Waals surface area contributed by atoms with E-state index in [0.717, 1.165) is 11.6 Å². The van der Waals surface area contributed by atoms with Gasteiger partial charge in [0.05, 0.1) is 11.9 Å². The number of imidazole rings is 1. The molecule has 2 aromatic rings. The van der Waals surface area contributed by atoms with Crippen LogP contribution in [0.15, 0.2) is 36.9 Å². The molecule has 2 heterocycles. The molecule has 60 valence electrons. The van der Waals surface area contributed by atoms with Crippen LogP contribution in [-0.4, -0.2) is 15.0 Å². The average Bonchev–Trinajstić information content (AvgIpc) is 2.59. The molecule has 4 nitrogen and oxygen atoms in total. The first-order valence-electron chi connectivity index (χ1n) is 3.61. The predicted molar refractivity (Wildman–Crippen MR) is 46.1 cm³/mol. The van der Waals surface area contributed by atoms with Gasteiger partial charge in [0.15, 0.2) is 0 Å². The summed E-state index contributed by atoms with van der Waals surface area (Å²) >= 11 is 0. The van der Waals surface area contributed by atoms with Gasteiger partial charge in [0.1, 0.15) is 0 Å². The fourth-order valence-electron chi connectivity index (χ4n) is 0.907. The molecule has 4 heteroatoms. The van der Waals surface area contributed by atoms with Crippen molar-refractivity contribution in [2.75, 3.05) is 5.32 Å². The minimum absolute atomic E-state index is 0.725. The summed E-state index contributed by atoms with van der Waals surface area (Å²) in [6.45, 7) is 0. The summed E-state index contributed by atoms with van der Waals surface area (Å²) in [4.78, 5) is 10.9. The molecule has 0 radical (unpaired) electrons. The lowest BCUT2D eigenvalue weighted by Gasteiger charge is -1.99. The highest BCUT2D eigenvalue weighted by Gasteiger charge is 1.93. The maximum Gasteiger partial charge on any atom is 0.204 e. The minimum atomic E-state index is 0.725. The number of anilines is 2. The van der Waals surface area contributed by atoms with E-state index in [1.807, 2.05) is 12.1 Å². The number of pyridine rings is 1. The van der Waals surface area contributed by atoms with Crippen molar-refractivity contribution in [2.24, 2.45) is 0 Å². The van der Waals surface area contributed by atoms with Crippen LogP contribution < -0.4 is 5.32 Å². The maximum absolute atomic E-state index is 4.02. The fraction of sp³-hybridized carbons (Fsp3) is 0. The van der Waals surface area contributed by atoms with Gasteiger partial charge in [-0.2, -0.15) is 0 Å².